The van der Waals surface area contributed by atoms with E-state index in [9.17, 15) is 0 Å². The predicted molar refractivity (Wildman–Crippen MR) is 73.5 cm³/mol. The van der Waals surface area contributed by atoms with Crippen LogP contribution in [0.15, 0.2) is 0 Å². The van der Waals surface area contributed by atoms with E-state index < -0.39 is 0 Å². The van der Waals surface area contributed by atoms with Crippen LogP contribution in [0.2, 0.25) is 0 Å². The maximum Gasteiger partial charge on any atom is 0.109 e. The summed E-state index contributed by atoms with van der Waals surface area (Å²) in [5, 5.41) is 3.44. The lowest BCUT2D eigenvalue weighted by atomic mass is 10.1. The zero-order chi connectivity index (χ0) is 12.8. The third kappa shape index (κ3) is 2.33. The van der Waals surface area contributed by atoms with E-state index in [1.165, 1.54) is 36.6 Å². The third-order valence-electron chi connectivity index (χ3n) is 4.30. The molecule has 1 N–H and O–H groups in total. The molecule has 2 aliphatic rings. The van der Waals surface area contributed by atoms with Gasteiger partial charge in [-0.2, -0.15) is 0 Å². The molecule has 0 amide bonds. The van der Waals surface area contributed by atoms with Crippen LogP contribution >= 0.6 is 0 Å². The average Bonchev–Trinajstić information content (AvgIpc) is 2.95. The van der Waals surface area contributed by atoms with Crippen LogP contribution in [0.1, 0.15) is 50.8 Å². The molecule has 0 radical (unpaired) electrons. The largest absolute Gasteiger partial charge is 0.331 e. The van der Waals surface area contributed by atoms with Crippen LogP contribution in [0.3, 0.4) is 0 Å². The Morgan fingerprint density at radius 2 is 2.17 bits per heavy atom. The number of hydrogen-bond acceptors (Lipinski definition) is 2. The zero-order valence-corrected chi connectivity index (χ0v) is 11.9. The highest BCUT2D eigenvalue weighted by atomic mass is 15.1. The average molecular weight is 247 g/mol. The molecule has 3 nitrogen and oxygen atoms in total. The van der Waals surface area contributed by atoms with Crippen LogP contribution < -0.4 is 5.32 Å². The molecule has 1 fully saturated rings. The molecule has 1 aliphatic carbocycles. The number of fused-ring (bicyclic) bond motifs is 1. The third-order valence-corrected chi connectivity index (χ3v) is 4.30. The summed E-state index contributed by atoms with van der Waals surface area (Å²) in [4.78, 5) is 4.90. The van der Waals surface area contributed by atoms with Gasteiger partial charge in [0.15, 0.2) is 0 Å². The lowest BCUT2D eigenvalue weighted by Gasteiger charge is -2.19. The van der Waals surface area contributed by atoms with Gasteiger partial charge in [-0.1, -0.05) is 20.8 Å². The van der Waals surface area contributed by atoms with Crippen molar-refractivity contribution < 1.29 is 0 Å². The topological polar surface area (TPSA) is 29.9 Å². The van der Waals surface area contributed by atoms with E-state index in [1.54, 1.807) is 0 Å². The van der Waals surface area contributed by atoms with Crippen molar-refractivity contribution in [1.29, 1.82) is 0 Å². The van der Waals surface area contributed by atoms with Gasteiger partial charge in [-0.3, -0.25) is 0 Å². The van der Waals surface area contributed by atoms with Crippen LogP contribution in [-0.4, -0.2) is 16.1 Å². The van der Waals surface area contributed by atoms with Gasteiger partial charge >= 0.3 is 0 Å². The van der Waals surface area contributed by atoms with Gasteiger partial charge < -0.3 is 9.88 Å². The van der Waals surface area contributed by atoms with Gasteiger partial charge in [0.25, 0.3) is 0 Å². The number of rotatable bonds is 4. The zero-order valence-electron chi connectivity index (χ0n) is 11.9. The minimum absolute atomic E-state index is 0.561. The first-order chi connectivity index (χ1) is 8.57. The Labute approximate surface area is 110 Å². The highest BCUT2D eigenvalue weighted by Crippen LogP contribution is 2.47. The number of imidazole rings is 1. The molecule has 2 heterocycles. The summed E-state index contributed by atoms with van der Waals surface area (Å²) in [6, 6.07) is 0. The molecule has 0 aromatic carbocycles. The molecule has 1 aromatic rings. The van der Waals surface area contributed by atoms with Crippen molar-refractivity contribution in [3.8, 4) is 0 Å². The molecule has 0 atom stereocenters. The van der Waals surface area contributed by atoms with E-state index >= 15 is 0 Å². The number of hydrogen-bond donors (Lipinski definition) is 1. The lowest BCUT2D eigenvalue weighted by Crippen LogP contribution is -2.26. The van der Waals surface area contributed by atoms with Crippen LogP contribution in [0.25, 0.3) is 0 Å². The summed E-state index contributed by atoms with van der Waals surface area (Å²) >= 11 is 0. The molecule has 100 valence electrons. The second kappa shape index (κ2) is 4.37. The Morgan fingerprint density at radius 1 is 1.39 bits per heavy atom. The standard InChI is InChI=1S/C15H25N3/c1-11(2)8-14-17-12-9-16-7-4-13(12)18(14)10-15(3)5-6-15/h11,16H,4-10H2,1-3H3. The molecular formula is C15H25N3. The van der Waals surface area contributed by atoms with Gasteiger partial charge in [-0.15, -0.1) is 0 Å². The minimum atomic E-state index is 0.561. The summed E-state index contributed by atoms with van der Waals surface area (Å²) in [5.74, 6) is 2.01. The molecule has 0 unspecified atom stereocenters. The highest BCUT2D eigenvalue weighted by Gasteiger charge is 2.39. The summed E-state index contributed by atoms with van der Waals surface area (Å²) in [5.41, 5.74) is 3.38. The fourth-order valence-electron chi connectivity index (χ4n) is 2.89. The van der Waals surface area contributed by atoms with Crippen molar-refractivity contribution in [2.24, 2.45) is 11.3 Å². The first-order valence-corrected chi connectivity index (χ1v) is 7.35. The van der Waals surface area contributed by atoms with E-state index in [1.807, 2.05) is 0 Å². The van der Waals surface area contributed by atoms with Crippen molar-refractivity contribution in [2.75, 3.05) is 6.54 Å². The molecule has 3 rings (SSSR count). The van der Waals surface area contributed by atoms with E-state index in [4.69, 9.17) is 4.98 Å². The van der Waals surface area contributed by atoms with Crippen LogP contribution in [0, 0.1) is 11.3 Å². The molecule has 0 bridgehead atoms. The molecule has 3 heteroatoms. The van der Waals surface area contributed by atoms with Crippen molar-refractivity contribution in [3.05, 3.63) is 17.2 Å². The van der Waals surface area contributed by atoms with E-state index in [0.29, 0.717) is 11.3 Å². The molecule has 1 saturated carbocycles. The van der Waals surface area contributed by atoms with Crippen molar-refractivity contribution in [1.82, 2.24) is 14.9 Å². The molecule has 1 aliphatic heterocycles. The normalized spacial score (nSPS) is 21.1. The summed E-state index contributed by atoms with van der Waals surface area (Å²) in [7, 11) is 0. The minimum Gasteiger partial charge on any atom is -0.331 e. The van der Waals surface area contributed by atoms with Gasteiger partial charge in [0.2, 0.25) is 0 Å². The monoisotopic (exact) mass is 247 g/mol. The van der Waals surface area contributed by atoms with Crippen LogP contribution in [-0.2, 0) is 25.9 Å². The van der Waals surface area contributed by atoms with Crippen LogP contribution in [0.4, 0.5) is 0 Å². The van der Waals surface area contributed by atoms with Crippen LogP contribution in [0.5, 0.6) is 0 Å². The molecule has 18 heavy (non-hydrogen) atoms. The quantitative estimate of drug-likeness (QED) is 0.886. The molecule has 0 spiro atoms. The Morgan fingerprint density at radius 3 is 2.83 bits per heavy atom. The maximum absolute atomic E-state index is 4.90. The predicted octanol–water partition coefficient (Wildman–Crippen LogP) is 2.53. The molecular weight excluding hydrogens is 222 g/mol. The Kier molecular flexibility index (Phi) is 2.97. The highest BCUT2D eigenvalue weighted by molar-refractivity contribution is 5.21. The summed E-state index contributed by atoms with van der Waals surface area (Å²) in [6.45, 7) is 10.3. The fourth-order valence-corrected chi connectivity index (χ4v) is 2.89. The number of aromatic nitrogens is 2. The lowest BCUT2D eigenvalue weighted by molar-refractivity contribution is 0.430. The number of nitrogens with one attached hydrogen (secondary N) is 1. The van der Waals surface area contributed by atoms with Gasteiger partial charge in [-0.25, -0.2) is 4.98 Å². The van der Waals surface area contributed by atoms with E-state index in [0.717, 1.165) is 25.9 Å². The smallest absolute Gasteiger partial charge is 0.109 e. The van der Waals surface area contributed by atoms with Gasteiger partial charge in [0.05, 0.1) is 5.69 Å². The summed E-state index contributed by atoms with van der Waals surface area (Å²) < 4.78 is 2.56. The van der Waals surface area contributed by atoms with Gasteiger partial charge in [-0.05, 0) is 24.2 Å². The van der Waals surface area contributed by atoms with Gasteiger partial charge in [0.1, 0.15) is 5.82 Å². The summed E-state index contributed by atoms with van der Waals surface area (Å²) in [6.07, 6.45) is 5.04. The molecule has 0 saturated heterocycles. The molecule has 1 aromatic heterocycles. The number of nitrogens with zero attached hydrogens (tertiary/aromatic N) is 2. The first-order valence-electron chi connectivity index (χ1n) is 7.35. The first kappa shape index (κ1) is 12.2. The van der Waals surface area contributed by atoms with Gasteiger partial charge in [0, 0.05) is 38.2 Å². The van der Waals surface area contributed by atoms with Crippen molar-refractivity contribution in [2.45, 2.75) is 59.5 Å². The van der Waals surface area contributed by atoms with E-state index in [2.05, 4.69) is 30.7 Å². The van der Waals surface area contributed by atoms with Crippen molar-refractivity contribution >= 4 is 0 Å². The Balaban J connectivity index is 1.93. The van der Waals surface area contributed by atoms with Crippen molar-refractivity contribution in [3.63, 3.8) is 0 Å². The second-order valence-corrected chi connectivity index (χ2v) is 6.84. The Bertz CT molecular complexity index is 441. The second-order valence-electron chi connectivity index (χ2n) is 6.84. The Hall–Kier alpha value is -0.830. The van der Waals surface area contributed by atoms with E-state index in [-0.39, 0.29) is 0 Å². The maximum atomic E-state index is 4.90. The SMILES string of the molecule is CC(C)Cc1nc2c(n1CC1(C)CC1)CCNC2. The fraction of sp³-hybridized carbons (Fsp3) is 0.800.